The molecule has 0 spiro atoms. The van der Waals surface area contributed by atoms with Gasteiger partial charge in [0, 0.05) is 29.2 Å². The Hall–Kier alpha value is -1.47. The van der Waals surface area contributed by atoms with Crippen molar-refractivity contribution in [2.75, 3.05) is 11.4 Å². The van der Waals surface area contributed by atoms with E-state index in [1.165, 1.54) is 42.6 Å². The summed E-state index contributed by atoms with van der Waals surface area (Å²) in [5.74, 6) is 1.52. The van der Waals surface area contributed by atoms with Crippen molar-refractivity contribution < 1.29 is 0 Å². The highest BCUT2D eigenvalue weighted by molar-refractivity contribution is 6.30. The van der Waals surface area contributed by atoms with Gasteiger partial charge in [0.15, 0.2) is 0 Å². The normalized spacial score (nSPS) is 27.2. The first kappa shape index (κ1) is 14.1. The molecular weight excluding hydrogens is 290 g/mol. The maximum absolute atomic E-state index is 6.05. The van der Waals surface area contributed by atoms with Crippen molar-refractivity contribution in [2.45, 2.75) is 38.1 Å². The highest BCUT2D eigenvalue weighted by atomic mass is 35.5. The molecule has 1 saturated heterocycles. The summed E-state index contributed by atoms with van der Waals surface area (Å²) in [5, 5.41) is 0.820. The molecule has 1 nitrogen and oxygen atoms in total. The Labute approximate surface area is 137 Å². The summed E-state index contributed by atoms with van der Waals surface area (Å²) in [4.78, 5) is 2.62. The summed E-state index contributed by atoms with van der Waals surface area (Å²) in [6.45, 7) is 3.34. The van der Waals surface area contributed by atoms with Gasteiger partial charge in [-0.3, -0.25) is 0 Å². The fraction of sp³-hybridized carbons (Fsp3) is 0.400. The van der Waals surface area contributed by atoms with E-state index in [9.17, 15) is 0 Å². The number of nitrogens with zero attached hydrogens (tertiary/aromatic N) is 1. The quantitative estimate of drug-likeness (QED) is 0.715. The third-order valence-electron chi connectivity index (χ3n) is 5.51. The second kappa shape index (κ2) is 5.62. The van der Waals surface area contributed by atoms with Gasteiger partial charge in [-0.1, -0.05) is 41.4 Å². The van der Waals surface area contributed by atoms with Crippen LogP contribution in [-0.2, 0) is 0 Å². The van der Waals surface area contributed by atoms with E-state index < -0.39 is 0 Å². The van der Waals surface area contributed by atoms with Gasteiger partial charge in [0.05, 0.1) is 0 Å². The van der Waals surface area contributed by atoms with Crippen molar-refractivity contribution in [3.05, 3.63) is 64.7 Å². The van der Waals surface area contributed by atoms with Gasteiger partial charge in [0.1, 0.15) is 0 Å². The molecule has 3 atom stereocenters. The molecule has 2 aliphatic rings. The lowest BCUT2D eigenvalue weighted by atomic mass is 9.91. The SMILES string of the molecule is Cc1ccc([C@@H]2CC[C@@H]3CCN(c4ccc(Cl)cc4)[C@@H]32)cc1. The molecule has 1 heterocycles. The second-order valence-electron chi connectivity index (χ2n) is 6.80. The zero-order valence-corrected chi connectivity index (χ0v) is 13.8. The summed E-state index contributed by atoms with van der Waals surface area (Å²) < 4.78 is 0. The van der Waals surface area contributed by atoms with Crippen LogP contribution in [0.2, 0.25) is 5.02 Å². The monoisotopic (exact) mass is 311 g/mol. The molecule has 4 rings (SSSR count). The van der Waals surface area contributed by atoms with Gasteiger partial charge in [-0.15, -0.1) is 0 Å². The van der Waals surface area contributed by atoms with Crippen molar-refractivity contribution in [1.82, 2.24) is 0 Å². The molecule has 0 bridgehead atoms. The highest BCUT2D eigenvalue weighted by Crippen LogP contribution is 2.48. The van der Waals surface area contributed by atoms with Crippen LogP contribution in [0.4, 0.5) is 5.69 Å². The minimum absolute atomic E-state index is 0.656. The van der Waals surface area contributed by atoms with Gasteiger partial charge < -0.3 is 4.90 Å². The number of hydrogen-bond acceptors (Lipinski definition) is 1. The molecule has 0 radical (unpaired) electrons. The summed E-state index contributed by atoms with van der Waals surface area (Å²) in [6, 6.07) is 18.2. The highest BCUT2D eigenvalue weighted by Gasteiger charge is 2.44. The van der Waals surface area contributed by atoms with Gasteiger partial charge in [-0.25, -0.2) is 0 Å². The topological polar surface area (TPSA) is 3.24 Å². The van der Waals surface area contributed by atoms with Crippen LogP contribution in [0.3, 0.4) is 0 Å². The maximum atomic E-state index is 6.05. The zero-order valence-electron chi connectivity index (χ0n) is 13.0. The summed E-state index contributed by atoms with van der Waals surface area (Å²) in [5.41, 5.74) is 4.19. The molecule has 0 amide bonds. The molecule has 0 unspecified atom stereocenters. The van der Waals surface area contributed by atoms with E-state index in [0.29, 0.717) is 12.0 Å². The molecular formula is C20H22ClN. The maximum Gasteiger partial charge on any atom is 0.0407 e. The number of rotatable bonds is 2. The standard InChI is InChI=1S/C20H22ClN/c1-14-2-4-15(5-3-14)19-11-6-16-12-13-22(20(16)19)18-9-7-17(21)8-10-18/h2-5,7-10,16,19-20H,6,11-13H2,1H3/t16-,19+,20+/m1/s1. The molecule has 0 N–H and O–H groups in total. The third kappa shape index (κ3) is 2.42. The molecule has 1 aliphatic carbocycles. The predicted molar refractivity (Wildman–Crippen MR) is 93.8 cm³/mol. The Morgan fingerprint density at radius 3 is 2.36 bits per heavy atom. The smallest absolute Gasteiger partial charge is 0.0407 e. The van der Waals surface area contributed by atoms with E-state index in [1.54, 1.807) is 0 Å². The van der Waals surface area contributed by atoms with E-state index in [2.05, 4.69) is 48.2 Å². The van der Waals surface area contributed by atoms with Crippen LogP contribution >= 0.6 is 11.6 Å². The minimum Gasteiger partial charge on any atom is -0.368 e. The van der Waals surface area contributed by atoms with Crippen LogP contribution in [-0.4, -0.2) is 12.6 Å². The Bertz CT molecular complexity index is 589. The average Bonchev–Trinajstić information content (AvgIpc) is 3.11. The lowest BCUT2D eigenvalue weighted by Crippen LogP contribution is -2.34. The fourth-order valence-electron chi connectivity index (χ4n) is 4.42. The van der Waals surface area contributed by atoms with Gasteiger partial charge in [0.2, 0.25) is 0 Å². The van der Waals surface area contributed by atoms with Crippen molar-refractivity contribution in [3.8, 4) is 0 Å². The molecule has 0 aromatic heterocycles. The van der Waals surface area contributed by atoms with Crippen LogP contribution in [0.15, 0.2) is 48.5 Å². The molecule has 1 aliphatic heterocycles. The van der Waals surface area contributed by atoms with Crippen LogP contribution in [0.5, 0.6) is 0 Å². The van der Waals surface area contributed by atoms with Crippen LogP contribution in [0, 0.1) is 12.8 Å². The summed E-state index contributed by atoms with van der Waals surface area (Å²) >= 11 is 6.05. The van der Waals surface area contributed by atoms with E-state index >= 15 is 0 Å². The first-order valence-electron chi connectivity index (χ1n) is 8.31. The molecule has 2 aromatic rings. The molecule has 2 heteroatoms. The number of anilines is 1. The number of benzene rings is 2. The lowest BCUT2D eigenvalue weighted by Gasteiger charge is -2.31. The number of hydrogen-bond donors (Lipinski definition) is 0. The average molecular weight is 312 g/mol. The Balaban J connectivity index is 1.65. The van der Waals surface area contributed by atoms with E-state index in [0.717, 1.165) is 10.9 Å². The minimum atomic E-state index is 0.656. The molecule has 1 saturated carbocycles. The van der Waals surface area contributed by atoms with Crippen LogP contribution in [0.25, 0.3) is 0 Å². The Kier molecular flexibility index (Phi) is 3.62. The number of fused-ring (bicyclic) bond motifs is 1. The van der Waals surface area contributed by atoms with Crippen molar-refractivity contribution in [2.24, 2.45) is 5.92 Å². The van der Waals surface area contributed by atoms with Crippen molar-refractivity contribution >= 4 is 17.3 Å². The van der Waals surface area contributed by atoms with Crippen LogP contribution in [0.1, 0.15) is 36.3 Å². The van der Waals surface area contributed by atoms with Crippen molar-refractivity contribution in [3.63, 3.8) is 0 Å². The van der Waals surface area contributed by atoms with E-state index in [4.69, 9.17) is 11.6 Å². The Morgan fingerprint density at radius 1 is 0.909 bits per heavy atom. The van der Waals surface area contributed by atoms with Gasteiger partial charge >= 0.3 is 0 Å². The van der Waals surface area contributed by atoms with Gasteiger partial charge in [0.25, 0.3) is 0 Å². The van der Waals surface area contributed by atoms with Gasteiger partial charge in [-0.05, 0) is 61.9 Å². The summed E-state index contributed by atoms with van der Waals surface area (Å²) in [7, 11) is 0. The molecule has 114 valence electrons. The van der Waals surface area contributed by atoms with E-state index in [1.807, 2.05) is 12.1 Å². The number of aryl methyl sites for hydroxylation is 1. The second-order valence-corrected chi connectivity index (χ2v) is 7.24. The molecule has 22 heavy (non-hydrogen) atoms. The molecule has 2 fully saturated rings. The zero-order chi connectivity index (χ0) is 15.1. The van der Waals surface area contributed by atoms with Crippen molar-refractivity contribution in [1.29, 1.82) is 0 Å². The first-order valence-corrected chi connectivity index (χ1v) is 8.69. The predicted octanol–water partition coefficient (Wildman–Crippen LogP) is 5.42. The lowest BCUT2D eigenvalue weighted by molar-refractivity contribution is 0.518. The first-order chi connectivity index (χ1) is 10.7. The Morgan fingerprint density at radius 2 is 1.64 bits per heavy atom. The summed E-state index contributed by atoms with van der Waals surface area (Å²) in [6.07, 6.45) is 4.02. The third-order valence-corrected chi connectivity index (χ3v) is 5.76. The largest absolute Gasteiger partial charge is 0.368 e. The van der Waals surface area contributed by atoms with E-state index in [-0.39, 0.29) is 0 Å². The fourth-order valence-corrected chi connectivity index (χ4v) is 4.54. The van der Waals surface area contributed by atoms with Gasteiger partial charge in [-0.2, -0.15) is 0 Å². The van der Waals surface area contributed by atoms with Crippen LogP contribution < -0.4 is 4.90 Å². The molecule has 2 aromatic carbocycles. The number of halogens is 1.